The van der Waals surface area contributed by atoms with Gasteiger partial charge in [0, 0.05) is 64.0 Å². The minimum atomic E-state index is 1.06. The van der Waals surface area contributed by atoms with Gasteiger partial charge in [-0.15, -0.1) is 0 Å². The maximum absolute atomic E-state index is 3.79. The summed E-state index contributed by atoms with van der Waals surface area (Å²) in [7, 11) is 0. The molecule has 0 atom stereocenters. The number of nitrogens with zero attached hydrogens (tertiary/aromatic N) is 2. The Kier molecular flexibility index (Phi) is 12.7. The van der Waals surface area contributed by atoms with Gasteiger partial charge in [-0.1, -0.05) is 88.5 Å². The van der Waals surface area contributed by atoms with Crippen LogP contribution in [0.25, 0.3) is 21.8 Å². The molecule has 4 bridgehead atoms. The molecule has 2 aromatic carbocycles. The summed E-state index contributed by atoms with van der Waals surface area (Å²) in [5.74, 6) is 0. The summed E-state index contributed by atoms with van der Waals surface area (Å²) in [5.41, 5.74) is 8.11. The van der Waals surface area contributed by atoms with Gasteiger partial charge >= 0.3 is 0 Å². The van der Waals surface area contributed by atoms with E-state index in [9.17, 15) is 0 Å². The van der Waals surface area contributed by atoms with Gasteiger partial charge in [-0.3, -0.25) is 0 Å². The van der Waals surface area contributed by atoms with Crippen molar-refractivity contribution < 1.29 is 9.13 Å². The van der Waals surface area contributed by atoms with Gasteiger partial charge in [-0.05, 0) is 37.8 Å². The van der Waals surface area contributed by atoms with Crippen LogP contribution in [0.15, 0.2) is 60.7 Å². The van der Waals surface area contributed by atoms with Gasteiger partial charge in [0.25, 0.3) is 0 Å². The van der Waals surface area contributed by atoms with Crippen LogP contribution in [0.5, 0.6) is 0 Å². The van der Waals surface area contributed by atoms with Crippen LogP contribution < -0.4 is 19.8 Å². The van der Waals surface area contributed by atoms with Gasteiger partial charge in [0.2, 0.25) is 11.0 Å². The number of aryl methyl sites for hydroxylation is 4. The number of nitrogens with one attached hydrogen (secondary N) is 2. The van der Waals surface area contributed by atoms with Gasteiger partial charge in [0.1, 0.15) is 13.1 Å². The molecule has 2 aliphatic rings. The molecule has 4 heteroatoms. The Morgan fingerprint density at radius 2 is 0.773 bits per heavy atom. The number of anilines is 2. The number of hydrogen-bond acceptors (Lipinski definition) is 2. The Morgan fingerprint density at radius 1 is 0.432 bits per heavy atom. The summed E-state index contributed by atoms with van der Waals surface area (Å²) in [6, 6.07) is 22.7. The second kappa shape index (κ2) is 17.4. The Bertz CT molecular complexity index is 1350. The molecule has 2 aliphatic heterocycles. The smallest absolute Gasteiger partial charge is 0.214 e. The molecule has 0 radical (unpaired) electrons. The average Bonchev–Trinajstić information content (AvgIpc) is 3.04. The molecule has 0 unspecified atom stereocenters. The van der Waals surface area contributed by atoms with Crippen molar-refractivity contribution in [3.05, 3.63) is 72.1 Å². The van der Waals surface area contributed by atoms with Crippen LogP contribution in [0.2, 0.25) is 0 Å². The molecule has 0 saturated heterocycles. The zero-order chi connectivity index (χ0) is 30.4. The van der Waals surface area contributed by atoms with Crippen molar-refractivity contribution in [3.63, 3.8) is 0 Å². The lowest BCUT2D eigenvalue weighted by Crippen LogP contribution is -2.38. The third kappa shape index (κ3) is 8.96. The fraction of sp³-hybridized carbons (Fsp3) is 0.550. The predicted molar refractivity (Wildman–Crippen MR) is 189 cm³/mol. The van der Waals surface area contributed by atoms with Crippen LogP contribution in [-0.2, 0) is 13.1 Å². The molecule has 4 aromatic rings. The lowest BCUT2D eigenvalue weighted by Gasteiger charge is -2.12. The Labute approximate surface area is 267 Å². The van der Waals surface area contributed by atoms with E-state index in [1.807, 2.05) is 0 Å². The van der Waals surface area contributed by atoms with Gasteiger partial charge < -0.3 is 10.6 Å². The molecule has 236 valence electrons. The molecular weight excluding hydrogens is 536 g/mol. The van der Waals surface area contributed by atoms with Crippen LogP contribution in [-0.4, -0.2) is 13.1 Å². The van der Waals surface area contributed by atoms with Gasteiger partial charge in [0.05, 0.1) is 22.1 Å². The summed E-state index contributed by atoms with van der Waals surface area (Å²) in [5, 5.41) is 10.3. The molecule has 2 aromatic heterocycles. The summed E-state index contributed by atoms with van der Waals surface area (Å²) in [4.78, 5) is 0. The minimum absolute atomic E-state index is 1.06. The standard InChI is InChI=1S/C40H56N4/c1-33-31-37-35-23-15-17-25-39(35)43(33)29-21-13-9-5-6-10-14-22-30-44-34(2)32-38(36-24-16-18-26-40(36)44)42-28-20-12-8-4-3-7-11-19-27-41-37/h15-18,23-26,31-32H,3-14,19-22,27-30H2,1-2H3/p+2. The normalized spacial score (nSPS) is 17.7. The van der Waals surface area contributed by atoms with Gasteiger partial charge in [0.15, 0.2) is 11.4 Å². The van der Waals surface area contributed by atoms with Crippen LogP contribution >= 0.6 is 0 Å². The Morgan fingerprint density at radius 3 is 1.18 bits per heavy atom. The van der Waals surface area contributed by atoms with Gasteiger partial charge in [-0.2, -0.15) is 9.13 Å². The first-order valence-electron chi connectivity index (χ1n) is 18.0. The van der Waals surface area contributed by atoms with Crippen molar-refractivity contribution >= 4 is 33.2 Å². The predicted octanol–water partition coefficient (Wildman–Crippen LogP) is 9.96. The van der Waals surface area contributed by atoms with Crippen LogP contribution in [0.4, 0.5) is 11.4 Å². The Balaban J connectivity index is 1.18. The summed E-state index contributed by atoms with van der Waals surface area (Å²) in [6.07, 6.45) is 21.2. The van der Waals surface area contributed by atoms with Crippen molar-refractivity contribution in [2.75, 3.05) is 23.7 Å². The average molecular weight is 595 g/mol. The Hall–Kier alpha value is -3.14. The number of para-hydroxylation sites is 2. The fourth-order valence-corrected chi connectivity index (χ4v) is 7.23. The van der Waals surface area contributed by atoms with Crippen molar-refractivity contribution in [3.8, 4) is 0 Å². The summed E-state index contributed by atoms with van der Waals surface area (Å²) in [6.45, 7) is 8.93. The van der Waals surface area contributed by atoms with E-state index in [-0.39, 0.29) is 0 Å². The molecule has 0 fully saturated rings. The van der Waals surface area contributed by atoms with Crippen LogP contribution in [0, 0.1) is 13.8 Å². The summed E-state index contributed by atoms with van der Waals surface area (Å²) < 4.78 is 5.09. The minimum Gasteiger partial charge on any atom is -0.384 e. The monoisotopic (exact) mass is 594 g/mol. The molecule has 2 N–H and O–H groups in total. The first-order valence-corrected chi connectivity index (χ1v) is 18.0. The summed E-state index contributed by atoms with van der Waals surface area (Å²) >= 11 is 0. The molecule has 44 heavy (non-hydrogen) atoms. The molecule has 0 saturated carbocycles. The largest absolute Gasteiger partial charge is 0.384 e. The quantitative estimate of drug-likeness (QED) is 0.199. The third-order valence-corrected chi connectivity index (χ3v) is 9.78. The first kappa shape index (κ1) is 32.3. The molecule has 0 amide bonds. The molecular formula is C40H58N4+2. The maximum atomic E-state index is 3.79. The van der Waals surface area contributed by atoms with E-state index in [2.05, 4.69) is 94.3 Å². The lowest BCUT2D eigenvalue weighted by molar-refractivity contribution is -0.678. The zero-order valence-electron chi connectivity index (χ0n) is 27.8. The second-order valence-electron chi connectivity index (χ2n) is 13.2. The first-order chi connectivity index (χ1) is 21.7. The highest BCUT2D eigenvalue weighted by Gasteiger charge is 2.17. The van der Waals surface area contributed by atoms with Crippen molar-refractivity contribution in [1.82, 2.24) is 0 Å². The van der Waals surface area contributed by atoms with E-state index in [1.165, 1.54) is 147 Å². The maximum Gasteiger partial charge on any atom is 0.214 e. The number of hydrogen-bond donors (Lipinski definition) is 2. The van der Waals surface area contributed by atoms with Crippen LogP contribution in [0.3, 0.4) is 0 Å². The van der Waals surface area contributed by atoms with E-state index in [0.717, 1.165) is 26.2 Å². The number of rotatable bonds is 0. The highest BCUT2D eigenvalue weighted by molar-refractivity contribution is 5.90. The SMILES string of the molecule is Cc1cc2c3ccccc3[n+]1CCCCCCCCCC[n+]1c(C)cc(c3ccccc31)NCCCCCCCCCCN2. The van der Waals surface area contributed by atoms with E-state index < -0.39 is 0 Å². The molecule has 0 aliphatic carbocycles. The number of aromatic nitrogens is 2. The third-order valence-electron chi connectivity index (χ3n) is 9.78. The highest BCUT2D eigenvalue weighted by atomic mass is 15.0. The van der Waals surface area contributed by atoms with Crippen LogP contribution in [0.1, 0.15) is 114 Å². The zero-order valence-corrected chi connectivity index (χ0v) is 27.8. The van der Waals surface area contributed by atoms with E-state index in [4.69, 9.17) is 0 Å². The molecule has 0 spiro atoms. The van der Waals surface area contributed by atoms with E-state index in [0.29, 0.717) is 0 Å². The van der Waals surface area contributed by atoms with E-state index >= 15 is 0 Å². The number of benzene rings is 2. The molecule has 6 rings (SSSR count). The second-order valence-corrected chi connectivity index (χ2v) is 13.2. The van der Waals surface area contributed by atoms with Crippen molar-refractivity contribution in [2.45, 2.75) is 130 Å². The highest BCUT2D eigenvalue weighted by Crippen LogP contribution is 2.24. The van der Waals surface area contributed by atoms with Gasteiger partial charge in [-0.25, -0.2) is 0 Å². The van der Waals surface area contributed by atoms with Crippen molar-refractivity contribution in [2.24, 2.45) is 0 Å². The fourth-order valence-electron chi connectivity index (χ4n) is 7.23. The number of pyridine rings is 2. The molecule has 4 nitrogen and oxygen atoms in total. The topological polar surface area (TPSA) is 31.8 Å². The molecule has 4 heterocycles. The number of fused-ring (bicyclic) bond motifs is 22. The van der Waals surface area contributed by atoms with Crippen molar-refractivity contribution in [1.29, 1.82) is 0 Å². The lowest BCUT2D eigenvalue weighted by atomic mass is 10.1. The van der Waals surface area contributed by atoms with E-state index in [1.54, 1.807) is 0 Å².